The van der Waals surface area contributed by atoms with E-state index in [-0.39, 0.29) is 11.2 Å². The molecule has 0 fully saturated rings. The SMILES string of the molecule is Cc1cc(-c2cc(=O)c3cc(Br)cc(Br)c3o2)cc(C)c1O. The van der Waals surface area contributed by atoms with E-state index in [1.807, 2.05) is 19.9 Å². The largest absolute Gasteiger partial charge is 0.507 e. The van der Waals surface area contributed by atoms with E-state index in [0.717, 1.165) is 21.2 Å². The van der Waals surface area contributed by atoms with Gasteiger partial charge in [-0.3, -0.25) is 4.79 Å². The molecule has 1 heterocycles. The highest BCUT2D eigenvalue weighted by Crippen LogP contribution is 2.32. The van der Waals surface area contributed by atoms with Gasteiger partial charge in [0.05, 0.1) is 9.86 Å². The van der Waals surface area contributed by atoms with Gasteiger partial charge < -0.3 is 9.52 Å². The topological polar surface area (TPSA) is 50.4 Å². The van der Waals surface area contributed by atoms with Crippen LogP contribution in [0.25, 0.3) is 22.3 Å². The summed E-state index contributed by atoms with van der Waals surface area (Å²) in [4.78, 5) is 12.4. The monoisotopic (exact) mass is 422 g/mol. The zero-order chi connectivity index (χ0) is 16.0. The zero-order valence-corrected chi connectivity index (χ0v) is 15.1. The van der Waals surface area contributed by atoms with Gasteiger partial charge in [-0.2, -0.15) is 0 Å². The molecule has 2 aromatic carbocycles. The van der Waals surface area contributed by atoms with E-state index in [9.17, 15) is 9.90 Å². The van der Waals surface area contributed by atoms with E-state index in [1.165, 1.54) is 6.07 Å². The van der Waals surface area contributed by atoms with Crippen molar-refractivity contribution < 1.29 is 9.52 Å². The van der Waals surface area contributed by atoms with Crippen LogP contribution in [0, 0.1) is 13.8 Å². The van der Waals surface area contributed by atoms with Crippen LogP contribution in [0.5, 0.6) is 5.75 Å². The molecule has 0 aliphatic rings. The molecular weight excluding hydrogens is 412 g/mol. The Balaban J connectivity index is 2.31. The van der Waals surface area contributed by atoms with Gasteiger partial charge in [0.25, 0.3) is 0 Å². The van der Waals surface area contributed by atoms with Gasteiger partial charge >= 0.3 is 0 Å². The van der Waals surface area contributed by atoms with Crippen molar-refractivity contribution in [2.45, 2.75) is 13.8 Å². The van der Waals surface area contributed by atoms with E-state index in [1.54, 1.807) is 18.2 Å². The summed E-state index contributed by atoms with van der Waals surface area (Å²) in [5.74, 6) is 0.740. The highest BCUT2D eigenvalue weighted by molar-refractivity contribution is 9.11. The summed E-state index contributed by atoms with van der Waals surface area (Å²) in [6, 6.07) is 8.66. The predicted molar refractivity (Wildman–Crippen MR) is 94.5 cm³/mol. The van der Waals surface area contributed by atoms with Gasteiger partial charge in [-0.25, -0.2) is 0 Å². The first-order chi connectivity index (χ1) is 10.4. The molecule has 22 heavy (non-hydrogen) atoms. The molecule has 0 amide bonds. The number of fused-ring (bicyclic) bond motifs is 1. The molecular formula is C17H12Br2O3. The molecule has 0 saturated heterocycles. The number of hydrogen-bond donors (Lipinski definition) is 1. The number of rotatable bonds is 1. The molecule has 3 aromatic rings. The molecule has 112 valence electrons. The number of benzene rings is 2. The molecule has 5 heteroatoms. The summed E-state index contributed by atoms with van der Waals surface area (Å²) in [7, 11) is 0. The van der Waals surface area contributed by atoms with Crippen molar-refractivity contribution in [3.05, 3.63) is 60.6 Å². The lowest BCUT2D eigenvalue weighted by molar-refractivity contribution is 0.467. The number of phenols is 1. The quantitative estimate of drug-likeness (QED) is 0.577. The van der Waals surface area contributed by atoms with E-state index < -0.39 is 0 Å². The molecule has 0 bridgehead atoms. The van der Waals surface area contributed by atoms with Gasteiger partial charge in [0.15, 0.2) is 11.0 Å². The maximum Gasteiger partial charge on any atom is 0.193 e. The second-order valence-corrected chi connectivity index (χ2v) is 6.97. The van der Waals surface area contributed by atoms with Crippen molar-refractivity contribution in [2.75, 3.05) is 0 Å². The summed E-state index contributed by atoms with van der Waals surface area (Å²) in [5, 5.41) is 10.4. The number of phenolic OH excluding ortho intramolecular Hbond substituents is 1. The normalized spacial score (nSPS) is 11.1. The smallest absolute Gasteiger partial charge is 0.193 e. The first-order valence-corrected chi connectivity index (χ1v) is 8.19. The Labute approximate surface area is 143 Å². The molecule has 3 nitrogen and oxygen atoms in total. The molecule has 0 aliphatic heterocycles. The van der Waals surface area contributed by atoms with Crippen LogP contribution >= 0.6 is 31.9 Å². The zero-order valence-electron chi connectivity index (χ0n) is 11.9. The van der Waals surface area contributed by atoms with E-state index in [0.29, 0.717) is 21.2 Å². The minimum atomic E-state index is -0.110. The molecule has 1 aromatic heterocycles. The van der Waals surface area contributed by atoms with Crippen molar-refractivity contribution in [1.29, 1.82) is 0 Å². The summed E-state index contributed by atoms with van der Waals surface area (Å²) in [6.45, 7) is 3.63. The number of halogens is 2. The Bertz CT molecular complexity index is 935. The van der Waals surface area contributed by atoms with Crippen LogP contribution in [0.1, 0.15) is 11.1 Å². The lowest BCUT2D eigenvalue weighted by Crippen LogP contribution is -2.01. The Morgan fingerprint density at radius 2 is 1.64 bits per heavy atom. The number of hydrogen-bond acceptors (Lipinski definition) is 3. The van der Waals surface area contributed by atoms with Gasteiger partial charge in [-0.15, -0.1) is 0 Å². The average Bonchev–Trinajstić information content (AvgIpc) is 2.45. The van der Waals surface area contributed by atoms with Gasteiger partial charge in [0, 0.05) is 16.1 Å². The van der Waals surface area contributed by atoms with Gasteiger partial charge in [0.1, 0.15) is 11.5 Å². The molecule has 0 radical (unpaired) electrons. The Morgan fingerprint density at radius 1 is 1.00 bits per heavy atom. The van der Waals surface area contributed by atoms with Crippen molar-refractivity contribution in [3.63, 3.8) is 0 Å². The predicted octanol–water partition coefficient (Wildman–Crippen LogP) is 5.31. The third-order valence-corrected chi connectivity index (χ3v) is 4.57. The first kappa shape index (κ1) is 15.3. The summed E-state index contributed by atoms with van der Waals surface area (Å²) in [6.07, 6.45) is 0. The Morgan fingerprint density at radius 3 is 2.27 bits per heavy atom. The molecule has 0 spiro atoms. The minimum Gasteiger partial charge on any atom is -0.507 e. The maximum atomic E-state index is 12.4. The molecule has 3 rings (SSSR count). The molecule has 1 N–H and O–H groups in total. The molecule has 0 saturated carbocycles. The summed E-state index contributed by atoms with van der Waals surface area (Å²) in [5.41, 5.74) is 2.65. The Hall–Kier alpha value is -1.59. The highest BCUT2D eigenvalue weighted by Gasteiger charge is 2.12. The van der Waals surface area contributed by atoms with Crippen LogP contribution in [0.4, 0.5) is 0 Å². The standard InChI is InChI=1S/C17H12Br2O3/c1-8-3-10(4-9(2)16(8)21)15-7-14(20)12-5-11(18)6-13(19)17(12)22-15/h3-7,21H,1-2H3. The second kappa shape index (κ2) is 5.56. The molecule has 0 unspecified atom stereocenters. The van der Waals surface area contributed by atoms with E-state index in [4.69, 9.17) is 4.42 Å². The second-order valence-electron chi connectivity index (χ2n) is 5.20. The van der Waals surface area contributed by atoms with Crippen LogP contribution in [0.2, 0.25) is 0 Å². The van der Waals surface area contributed by atoms with Crippen molar-refractivity contribution in [1.82, 2.24) is 0 Å². The van der Waals surface area contributed by atoms with Crippen LogP contribution in [-0.4, -0.2) is 5.11 Å². The summed E-state index contributed by atoms with van der Waals surface area (Å²) < 4.78 is 7.43. The van der Waals surface area contributed by atoms with Gasteiger partial charge in [-0.05, 0) is 65.2 Å². The van der Waals surface area contributed by atoms with Gasteiger partial charge in [-0.1, -0.05) is 15.9 Å². The maximum absolute atomic E-state index is 12.4. The van der Waals surface area contributed by atoms with Gasteiger partial charge in [0.2, 0.25) is 0 Å². The lowest BCUT2D eigenvalue weighted by Gasteiger charge is -2.09. The summed E-state index contributed by atoms with van der Waals surface area (Å²) >= 11 is 6.80. The number of aryl methyl sites for hydroxylation is 2. The fourth-order valence-electron chi connectivity index (χ4n) is 2.42. The highest BCUT2D eigenvalue weighted by atomic mass is 79.9. The third-order valence-electron chi connectivity index (χ3n) is 3.52. The van der Waals surface area contributed by atoms with Crippen molar-refractivity contribution >= 4 is 42.8 Å². The van der Waals surface area contributed by atoms with Crippen LogP contribution in [0.3, 0.4) is 0 Å². The first-order valence-electron chi connectivity index (χ1n) is 6.60. The fourth-order valence-corrected chi connectivity index (χ4v) is 3.73. The third kappa shape index (κ3) is 2.59. The van der Waals surface area contributed by atoms with Crippen LogP contribution < -0.4 is 5.43 Å². The number of aromatic hydroxyl groups is 1. The van der Waals surface area contributed by atoms with Crippen LogP contribution in [0.15, 0.2) is 48.5 Å². The fraction of sp³-hybridized carbons (Fsp3) is 0.118. The van der Waals surface area contributed by atoms with Crippen molar-refractivity contribution in [3.8, 4) is 17.1 Å². The minimum absolute atomic E-state index is 0.110. The molecule has 0 aliphatic carbocycles. The lowest BCUT2D eigenvalue weighted by atomic mass is 10.0. The van der Waals surface area contributed by atoms with Crippen LogP contribution in [-0.2, 0) is 0 Å². The molecule has 0 atom stereocenters. The van der Waals surface area contributed by atoms with Crippen molar-refractivity contribution in [2.24, 2.45) is 0 Å². The average molecular weight is 424 g/mol. The Kier molecular flexibility index (Phi) is 3.87. The van der Waals surface area contributed by atoms with E-state index in [2.05, 4.69) is 31.9 Å². The van der Waals surface area contributed by atoms with E-state index >= 15 is 0 Å².